The molecular formula is C20H23NO3S. The van der Waals surface area contributed by atoms with Gasteiger partial charge in [0, 0.05) is 15.7 Å². The fourth-order valence-electron chi connectivity index (χ4n) is 3.03. The van der Waals surface area contributed by atoms with Crippen molar-refractivity contribution in [2.24, 2.45) is 0 Å². The summed E-state index contributed by atoms with van der Waals surface area (Å²) in [5.41, 5.74) is 1.40. The standard InChI is InChI=1S/C20H23NO3S/c1-23-17-12-11-14(13-18(17)24-2)20(22)21-16-9-5-6-10-19(16)25-15-7-3-4-8-15/h5-6,9-13,15H,3-4,7-8H2,1-2H3,(H,21,22). The van der Waals surface area contributed by atoms with Crippen molar-refractivity contribution in [3.63, 3.8) is 0 Å². The van der Waals surface area contributed by atoms with Gasteiger partial charge in [-0.25, -0.2) is 0 Å². The highest BCUT2D eigenvalue weighted by atomic mass is 32.2. The Kier molecular flexibility index (Phi) is 5.87. The van der Waals surface area contributed by atoms with Gasteiger partial charge in [0.05, 0.1) is 19.9 Å². The topological polar surface area (TPSA) is 47.6 Å². The third kappa shape index (κ3) is 4.28. The van der Waals surface area contributed by atoms with Gasteiger partial charge in [0.15, 0.2) is 11.5 Å². The first kappa shape index (κ1) is 17.7. The molecule has 0 saturated heterocycles. The molecule has 25 heavy (non-hydrogen) atoms. The number of carbonyl (C=O) groups excluding carboxylic acids is 1. The van der Waals surface area contributed by atoms with Crippen LogP contribution in [0.4, 0.5) is 5.69 Å². The predicted octanol–water partition coefficient (Wildman–Crippen LogP) is 4.99. The molecule has 1 aliphatic carbocycles. The molecule has 1 amide bonds. The summed E-state index contributed by atoms with van der Waals surface area (Å²) in [6.45, 7) is 0. The zero-order chi connectivity index (χ0) is 17.6. The molecule has 0 unspecified atom stereocenters. The smallest absolute Gasteiger partial charge is 0.255 e. The molecule has 0 atom stereocenters. The summed E-state index contributed by atoms with van der Waals surface area (Å²) in [6.07, 6.45) is 5.11. The average molecular weight is 357 g/mol. The Morgan fingerprint density at radius 1 is 1.04 bits per heavy atom. The van der Waals surface area contributed by atoms with Gasteiger partial charge in [-0.15, -0.1) is 11.8 Å². The molecule has 1 fully saturated rings. The minimum absolute atomic E-state index is 0.152. The Labute approximate surface area is 152 Å². The highest BCUT2D eigenvalue weighted by Crippen LogP contribution is 2.38. The van der Waals surface area contributed by atoms with Gasteiger partial charge in [-0.3, -0.25) is 4.79 Å². The van der Waals surface area contributed by atoms with E-state index in [0.717, 1.165) is 10.6 Å². The van der Waals surface area contributed by atoms with E-state index in [0.29, 0.717) is 22.3 Å². The van der Waals surface area contributed by atoms with Crippen molar-refractivity contribution >= 4 is 23.4 Å². The molecule has 0 radical (unpaired) electrons. The Balaban J connectivity index is 1.76. The van der Waals surface area contributed by atoms with Crippen LogP contribution in [0.1, 0.15) is 36.0 Å². The monoisotopic (exact) mass is 357 g/mol. The van der Waals surface area contributed by atoms with Crippen LogP contribution in [-0.4, -0.2) is 25.4 Å². The van der Waals surface area contributed by atoms with Gasteiger partial charge in [-0.05, 0) is 43.2 Å². The molecule has 1 N–H and O–H groups in total. The van der Waals surface area contributed by atoms with Gasteiger partial charge in [0.1, 0.15) is 0 Å². The average Bonchev–Trinajstić information content (AvgIpc) is 3.15. The van der Waals surface area contributed by atoms with Gasteiger partial charge < -0.3 is 14.8 Å². The number of para-hydroxylation sites is 1. The zero-order valence-corrected chi connectivity index (χ0v) is 15.4. The van der Waals surface area contributed by atoms with Crippen molar-refractivity contribution in [3.8, 4) is 11.5 Å². The van der Waals surface area contributed by atoms with Crippen LogP contribution >= 0.6 is 11.8 Å². The number of hydrogen-bond acceptors (Lipinski definition) is 4. The highest BCUT2D eigenvalue weighted by Gasteiger charge is 2.18. The van der Waals surface area contributed by atoms with Gasteiger partial charge in [-0.2, -0.15) is 0 Å². The fourth-order valence-corrected chi connectivity index (χ4v) is 4.36. The quantitative estimate of drug-likeness (QED) is 0.791. The lowest BCUT2D eigenvalue weighted by atomic mass is 10.2. The lowest BCUT2D eigenvalue weighted by molar-refractivity contribution is 0.102. The third-order valence-corrected chi connectivity index (χ3v) is 5.79. The molecule has 5 heteroatoms. The van der Waals surface area contributed by atoms with Crippen LogP contribution in [0, 0.1) is 0 Å². The number of anilines is 1. The minimum Gasteiger partial charge on any atom is -0.493 e. The first-order chi connectivity index (χ1) is 12.2. The van der Waals surface area contributed by atoms with Crippen molar-refractivity contribution < 1.29 is 14.3 Å². The minimum atomic E-state index is -0.152. The van der Waals surface area contributed by atoms with Crippen LogP contribution in [-0.2, 0) is 0 Å². The van der Waals surface area contributed by atoms with E-state index in [-0.39, 0.29) is 5.91 Å². The molecule has 3 rings (SSSR count). The summed E-state index contributed by atoms with van der Waals surface area (Å²) >= 11 is 1.87. The largest absolute Gasteiger partial charge is 0.493 e. The van der Waals surface area contributed by atoms with Crippen molar-refractivity contribution in [1.82, 2.24) is 0 Å². The van der Waals surface area contributed by atoms with Crippen molar-refractivity contribution in [3.05, 3.63) is 48.0 Å². The molecule has 0 aromatic heterocycles. The van der Waals surface area contributed by atoms with Gasteiger partial charge >= 0.3 is 0 Å². The summed E-state index contributed by atoms with van der Waals surface area (Å²) in [7, 11) is 3.14. The van der Waals surface area contributed by atoms with E-state index in [4.69, 9.17) is 9.47 Å². The number of methoxy groups -OCH3 is 2. The lowest BCUT2D eigenvalue weighted by Gasteiger charge is -2.14. The second kappa shape index (κ2) is 8.30. The molecule has 2 aromatic carbocycles. The van der Waals surface area contributed by atoms with Crippen LogP contribution in [0.25, 0.3) is 0 Å². The highest BCUT2D eigenvalue weighted by molar-refractivity contribution is 8.00. The maximum Gasteiger partial charge on any atom is 0.255 e. The molecule has 1 aliphatic rings. The molecule has 0 bridgehead atoms. The van der Waals surface area contributed by atoms with E-state index in [2.05, 4.69) is 11.4 Å². The van der Waals surface area contributed by atoms with E-state index >= 15 is 0 Å². The molecular weight excluding hydrogens is 334 g/mol. The number of amides is 1. The van der Waals surface area contributed by atoms with Crippen molar-refractivity contribution in [2.45, 2.75) is 35.8 Å². The Bertz CT molecular complexity index is 741. The molecule has 0 heterocycles. The third-order valence-electron chi connectivity index (χ3n) is 4.38. The maximum absolute atomic E-state index is 12.7. The Hall–Kier alpha value is -2.14. The van der Waals surface area contributed by atoms with Gasteiger partial charge in [0.2, 0.25) is 0 Å². The summed E-state index contributed by atoms with van der Waals surface area (Å²) in [4.78, 5) is 13.8. The van der Waals surface area contributed by atoms with Crippen LogP contribution in [0.15, 0.2) is 47.4 Å². The van der Waals surface area contributed by atoms with Crippen LogP contribution in [0.2, 0.25) is 0 Å². The van der Waals surface area contributed by atoms with E-state index in [1.54, 1.807) is 32.4 Å². The Morgan fingerprint density at radius 3 is 2.48 bits per heavy atom. The number of rotatable bonds is 6. The molecule has 4 nitrogen and oxygen atoms in total. The van der Waals surface area contributed by atoms with E-state index in [1.807, 2.05) is 30.0 Å². The van der Waals surface area contributed by atoms with Crippen molar-refractivity contribution in [2.75, 3.05) is 19.5 Å². The van der Waals surface area contributed by atoms with Crippen LogP contribution in [0.3, 0.4) is 0 Å². The number of hydrogen-bond donors (Lipinski definition) is 1. The SMILES string of the molecule is COc1ccc(C(=O)Nc2ccccc2SC2CCCC2)cc1OC. The molecule has 0 spiro atoms. The van der Waals surface area contributed by atoms with Gasteiger partial charge in [0.25, 0.3) is 5.91 Å². The summed E-state index contributed by atoms with van der Waals surface area (Å²) in [5.74, 6) is 1.00. The predicted molar refractivity (Wildman–Crippen MR) is 102 cm³/mol. The number of ether oxygens (including phenoxy) is 2. The first-order valence-electron chi connectivity index (χ1n) is 8.50. The fraction of sp³-hybridized carbons (Fsp3) is 0.350. The molecule has 0 aliphatic heterocycles. The Morgan fingerprint density at radius 2 is 1.76 bits per heavy atom. The summed E-state index contributed by atoms with van der Waals surface area (Å²) < 4.78 is 10.5. The van der Waals surface area contributed by atoms with Crippen LogP contribution < -0.4 is 14.8 Å². The number of benzene rings is 2. The number of carbonyl (C=O) groups is 1. The number of thioether (sulfide) groups is 1. The van der Waals surface area contributed by atoms with E-state index < -0.39 is 0 Å². The number of nitrogens with one attached hydrogen (secondary N) is 1. The van der Waals surface area contributed by atoms with Crippen molar-refractivity contribution in [1.29, 1.82) is 0 Å². The van der Waals surface area contributed by atoms with E-state index in [9.17, 15) is 4.79 Å². The summed E-state index contributed by atoms with van der Waals surface area (Å²) in [5, 5.41) is 3.69. The lowest BCUT2D eigenvalue weighted by Crippen LogP contribution is -2.13. The molecule has 132 valence electrons. The first-order valence-corrected chi connectivity index (χ1v) is 9.38. The normalized spacial score (nSPS) is 14.3. The molecule has 1 saturated carbocycles. The maximum atomic E-state index is 12.7. The van der Waals surface area contributed by atoms with E-state index in [1.165, 1.54) is 25.7 Å². The zero-order valence-electron chi connectivity index (χ0n) is 14.6. The second-order valence-corrected chi connectivity index (χ2v) is 7.39. The second-order valence-electron chi connectivity index (χ2n) is 6.04. The molecule has 2 aromatic rings. The van der Waals surface area contributed by atoms with Crippen LogP contribution in [0.5, 0.6) is 11.5 Å². The summed E-state index contributed by atoms with van der Waals surface area (Å²) in [6, 6.07) is 13.2. The van der Waals surface area contributed by atoms with Gasteiger partial charge in [-0.1, -0.05) is 25.0 Å².